The van der Waals surface area contributed by atoms with Gasteiger partial charge in [-0.15, -0.1) is 0 Å². The van der Waals surface area contributed by atoms with Crippen molar-refractivity contribution in [1.29, 1.82) is 0 Å². The van der Waals surface area contributed by atoms with Crippen molar-refractivity contribution < 1.29 is 14.8 Å². The predicted molar refractivity (Wildman–Crippen MR) is 89.1 cm³/mol. The minimum absolute atomic E-state index is 0.00296. The van der Waals surface area contributed by atoms with E-state index in [1.165, 1.54) is 18.6 Å². The summed E-state index contributed by atoms with van der Waals surface area (Å²) in [6, 6.07) is 6.17. The highest BCUT2D eigenvalue weighted by molar-refractivity contribution is 5.88. The number of amides is 1. The standard InChI is InChI=1S/C17H22N4O4/c22-16-17(23)14(10-20(16)12-6-2-1-3-7-12)15(18-19-17)11-5-4-8-13(9-11)21(24)25/h4-5,8-9,12,14-15,18-19,23H,1-3,6-7,10H2/t14-,15+,17-/m0/s1. The molecule has 3 aliphatic rings. The summed E-state index contributed by atoms with van der Waals surface area (Å²) in [5.74, 6) is -0.672. The predicted octanol–water partition coefficient (Wildman–Crippen LogP) is 1.22. The Labute approximate surface area is 145 Å². The summed E-state index contributed by atoms with van der Waals surface area (Å²) >= 11 is 0. The van der Waals surface area contributed by atoms with Crippen LogP contribution in [0.5, 0.6) is 0 Å². The summed E-state index contributed by atoms with van der Waals surface area (Å²) in [4.78, 5) is 25.2. The molecule has 0 bridgehead atoms. The molecule has 3 fully saturated rings. The van der Waals surface area contributed by atoms with Crippen LogP contribution >= 0.6 is 0 Å². The third-order valence-corrected chi connectivity index (χ3v) is 5.79. The molecule has 0 unspecified atom stereocenters. The van der Waals surface area contributed by atoms with Gasteiger partial charge in [-0.05, 0) is 18.4 Å². The second-order valence-corrected chi connectivity index (χ2v) is 7.22. The smallest absolute Gasteiger partial charge is 0.271 e. The largest absolute Gasteiger partial charge is 0.366 e. The maximum Gasteiger partial charge on any atom is 0.271 e. The molecule has 3 atom stereocenters. The number of nitro groups is 1. The average Bonchev–Trinajstić information content (AvgIpc) is 3.09. The monoisotopic (exact) mass is 346 g/mol. The first-order valence-electron chi connectivity index (χ1n) is 8.81. The molecule has 1 saturated carbocycles. The van der Waals surface area contributed by atoms with E-state index in [-0.39, 0.29) is 29.6 Å². The lowest BCUT2D eigenvalue weighted by Gasteiger charge is -2.32. The molecule has 8 nitrogen and oxygen atoms in total. The second-order valence-electron chi connectivity index (χ2n) is 7.22. The summed E-state index contributed by atoms with van der Waals surface area (Å²) in [5.41, 5.74) is 4.77. The van der Waals surface area contributed by atoms with Gasteiger partial charge in [-0.2, -0.15) is 0 Å². The lowest BCUT2D eigenvalue weighted by atomic mass is 9.89. The van der Waals surface area contributed by atoms with Crippen LogP contribution in [0.2, 0.25) is 0 Å². The second kappa shape index (κ2) is 6.05. The Hall–Kier alpha value is -2.03. The van der Waals surface area contributed by atoms with Crippen molar-refractivity contribution in [3.8, 4) is 0 Å². The Balaban J connectivity index is 1.60. The van der Waals surface area contributed by atoms with Gasteiger partial charge in [0.1, 0.15) is 0 Å². The van der Waals surface area contributed by atoms with Crippen molar-refractivity contribution in [2.75, 3.05) is 6.54 Å². The molecule has 134 valence electrons. The summed E-state index contributed by atoms with van der Waals surface area (Å²) in [5, 5.41) is 21.9. The number of non-ortho nitro benzene ring substituents is 1. The molecule has 0 aromatic heterocycles. The molecule has 1 aliphatic carbocycles. The minimum Gasteiger partial charge on any atom is -0.366 e. The number of carbonyl (C=O) groups excluding carboxylic acids is 1. The molecule has 4 rings (SSSR count). The SMILES string of the molecule is O=C1N(C2CCCCC2)C[C@H]2[C@@H](c3cccc([N+](=O)[O-])c3)NN[C@@]12O. The van der Waals surface area contributed by atoms with Crippen LogP contribution in [0.25, 0.3) is 0 Å². The maximum atomic E-state index is 12.8. The summed E-state index contributed by atoms with van der Waals surface area (Å²) in [6.07, 6.45) is 5.37. The number of hydrogen-bond donors (Lipinski definition) is 3. The molecular formula is C17H22N4O4. The van der Waals surface area contributed by atoms with Crippen LogP contribution in [0, 0.1) is 16.0 Å². The summed E-state index contributed by atoms with van der Waals surface area (Å²) < 4.78 is 0. The van der Waals surface area contributed by atoms with E-state index in [0.717, 1.165) is 25.7 Å². The van der Waals surface area contributed by atoms with Crippen molar-refractivity contribution in [1.82, 2.24) is 15.8 Å². The number of benzene rings is 1. The number of aliphatic hydroxyl groups is 1. The number of nitrogens with one attached hydrogen (secondary N) is 2. The van der Waals surface area contributed by atoms with E-state index >= 15 is 0 Å². The zero-order valence-electron chi connectivity index (χ0n) is 13.9. The van der Waals surface area contributed by atoms with E-state index in [1.54, 1.807) is 12.1 Å². The number of rotatable bonds is 3. The van der Waals surface area contributed by atoms with Gasteiger partial charge in [-0.1, -0.05) is 31.4 Å². The molecule has 0 radical (unpaired) electrons. The van der Waals surface area contributed by atoms with Crippen LogP contribution in [0.3, 0.4) is 0 Å². The van der Waals surface area contributed by atoms with Crippen molar-refractivity contribution in [2.45, 2.75) is 49.9 Å². The highest BCUT2D eigenvalue weighted by Crippen LogP contribution is 2.42. The molecule has 1 aromatic rings. The first kappa shape index (κ1) is 16.4. The Morgan fingerprint density at radius 1 is 1.28 bits per heavy atom. The topological polar surface area (TPSA) is 108 Å². The molecule has 0 spiro atoms. The van der Waals surface area contributed by atoms with Crippen LogP contribution in [0.1, 0.15) is 43.7 Å². The van der Waals surface area contributed by atoms with Crippen LogP contribution in [-0.4, -0.2) is 39.1 Å². The Morgan fingerprint density at radius 2 is 2.04 bits per heavy atom. The minimum atomic E-state index is -1.65. The Bertz CT molecular complexity index is 706. The van der Waals surface area contributed by atoms with Gasteiger partial charge in [-0.3, -0.25) is 14.9 Å². The van der Waals surface area contributed by atoms with Crippen molar-refractivity contribution in [2.24, 2.45) is 5.92 Å². The fourth-order valence-electron chi connectivity index (χ4n) is 4.44. The molecule has 1 amide bonds. The van der Waals surface area contributed by atoms with E-state index in [1.807, 2.05) is 4.90 Å². The van der Waals surface area contributed by atoms with E-state index in [2.05, 4.69) is 10.9 Å². The van der Waals surface area contributed by atoms with Crippen molar-refractivity contribution in [3.05, 3.63) is 39.9 Å². The fourth-order valence-corrected chi connectivity index (χ4v) is 4.44. The molecule has 2 aliphatic heterocycles. The number of hydrogen-bond acceptors (Lipinski definition) is 6. The number of fused-ring (bicyclic) bond motifs is 1. The molecular weight excluding hydrogens is 324 g/mol. The highest BCUT2D eigenvalue weighted by atomic mass is 16.6. The highest BCUT2D eigenvalue weighted by Gasteiger charge is 2.61. The molecule has 1 aromatic carbocycles. The van der Waals surface area contributed by atoms with Crippen molar-refractivity contribution in [3.63, 3.8) is 0 Å². The first-order chi connectivity index (χ1) is 12.0. The van der Waals surface area contributed by atoms with Crippen LogP contribution in [-0.2, 0) is 4.79 Å². The Kier molecular flexibility index (Phi) is 3.98. The van der Waals surface area contributed by atoms with E-state index in [4.69, 9.17) is 0 Å². The van der Waals surface area contributed by atoms with Crippen molar-refractivity contribution >= 4 is 11.6 Å². The zero-order valence-corrected chi connectivity index (χ0v) is 13.9. The molecule has 3 N–H and O–H groups in total. The van der Waals surface area contributed by atoms with Gasteiger partial charge in [0.05, 0.1) is 16.9 Å². The number of nitro benzene ring substituents is 1. The zero-order chi connectivity index (χ0) is 17.6. The lowest BCUT2D eigenvalue weighted by molar-refractivity contribution is -0.384. The van der Waals surface area contributed by atoms with E-state index in [9.17, 15) is 20.0 Å². The summed E-state index contributed by atoms with van der Waals surface area (Å²) in [6.45, 7) is 0.452. The van der Waals surface area contributed by atoms with Gasteiger partial charge in [0.25, 0.3) is 11.6 Å². The number of carbonyl (C=O) groups is 1. The quantitative estimate of drug-likeness (QED) is 0.561. The first-order valence-corrected chi connectivity index (χ1v) is 8.81. The van der Waals surface area contributed by atoms with E-state index in [0.29, 0.717) is 12.1 Å². The summed E-state index contributed by atoms with van der Waals surface area (Å²) in [7, 11) is 0. The number of likely N-dealkylation sites (tertiary alicyclic amines) is 1. The Morgan fingerprint density at radius 3 is 2.76 bits per heavy atom. The van der Waals surface area contributed by atoms with Gasteiger partial charge >= 0.3 is 0 Å². The number of hydrazine groups is 1. The van der Waals surface area contributed by atoms with Gasteiger partial charge in [0.15, 0.2) is 0 Å². The molecule has 2 saturated heterocycles. The lowest BCUT2D eigenvalue weighted by Crippen LogP contribution is -2.54. The molecule has 8 heteroatoms. The molecule has 25 heavy (non-hydrogen) atoms. The van der Waals surface area contributed by atoms with Gasteiger partial charge in [0, 0.05) is 24.7 Å². The van der Waals surface area contributed by atoms with Crippen LogP contribution < -0.4 is 10.9 Å². The van der Waals surface area contributed by atoms with Crippen LogP contribution in [0.4, 0.5) is 5.69 Å². The third kappa shape index (κ3) is 2.61. The maximum absolute atomic E-state index is 12.8. The third-order valence-electron chi connectivity index (χ3n) is 5.79. The van der Waals surface area contributed by atoms with Crippen LogP contribution in [0.15, 0.2) is 24.3 Å². The van der Waals surface area contributed by atoms with Gasteiger partial charge in [-0.25, -0.2) is 10.9 Å². The van der Waals surface area contributed by atoms with Gasteiger partial charge < -0.3 is 10.0 Å². The molecule has 2 heterocycles. The number of nitrogens with zero attached hydrogens (tertiary/aromatic N) is 2. The normalized spacial score (nSPS) is 32.8. The van der Waals surface area contributed by atoms with Gasteiger partial charge in [0.2, 0.25) is 5.72 Å². The fraction of sp³-hybridized carbons (Fsp3) is 0.588. The average molecular weight is 346 g/mol. The van der Waals surface area contributed by atoms with E-state index < -0.39 is 10.6 Å².